The molecule has 0 saturated heterocycles. The molecule has 0 bridgehead atoms. The second-order valence-corrected chi connectivity index (χ2v) is 5.26. The fourth-order valence-corrected chi connectivity index (χ4v) is 2.72. The Morgan fingerprint density at radius 3 is 2.59 bits per heavy atom. The summed E-state index contributed by atoms with van der Waals surface area (Å²) in [4.78, 5) is 2.60. The van der Waals surface area contributed by atoms with E-state index in [1.165, 1.54) is 20.9 Å². The second kappa shape index (κ2) is 5.28. The number of rotatable bonds is 3. The molecule has 0 radical (unpaired) electrons. The molecule has 0 unspecified atom stereocenters. The Labute approximate surface area is 107 Å². The molecule has 1 nitrogen and oxygen atoms in total. The normalized spacial score (nSPS) is 10.3. The average Bonchev–Trinajstić information content (AvgIpc) is 2.34. The highest BCUT2D eigenvalue weighted by atomic mass is 32.2. The van der Waals surface area contributed by atoms with Crippen LogP contribution in [0, 0.1) is 13.8 Å². The van der Waals surface area contributed by atoms with E-state index in [1.54, 1.807) is 0 Å². The highest BCUT2D eigenvalue weighted by Gasteiger charge is 2.02. The first-order chi connectivity index (χ1) is 8.19. The van der Waals surface area contributed by atoms with Crippen molar-refractivity contribution in [2.45, 2.75) is 23.6 Å². The monoisotopic (exact) mass is 243 g/mol. The van der Waals surface area contributed by atoms with Gasteiger partial charge in [-0.25, -0.2) is 0 Å². The van der Waals surface area contributed by atoms with E-state index in [0.717, 1.165) is 5.69 Å². The summed E-state index contributed by atoms with van der Waals surface area (Å²) in [6.45, 7) is 4.29. The molecule has 0 aromatic heterocycles. The van der Waals surface area contributed by atoms with Gasteiger partial charge in [0.2, 0.25) is 0 Å². The van der Waals surface area contributed by atoms with E-state index in [1.807, 2.05) is 18.8 Å². The first-order valence-corrected chi connectivity index (χ1v) is 6.53. The summed E-state index contributed by atoms with van der Waals surface area (Å²) >= 11 is 1.82. The van der Waals surface area contributed by atoms with Gasteiger partial charge >= 0.3 is 0 Å². The van der Waals surface area contributed by atoms with Crippen LogP contribution in [-0.4, -0.2) is 7.05 Å². The lowest BCUT2D eigenvalue weighted by Crippen LogP contribution is -1.87. The number of hydrogen-bond acceptors (Lipinski definition) is 2. The van der Waals surface area contributed by atoms with Crippen molar-refractivity contribution in [1.29, 1.82) is 0 Å². The summed E-state index contributed by atoms with van der Waals surface area (Å²) in [5.41, 5.74) is 3.79. The number of nitrogens with one attached hydrogen (secondary N) is 1. The van der Waals surface area contributed by atoms with E-state index in [0.29, 0.717) is 0 Å². The predicted molar refractivity (Wildman–Crippen MR) is 76.0 cm³/mol. The van der Waals surface area contributed by atoms with Gasteiger partial charge in [-0.2, -0.15) is 0 Å². The Hall–Kier alpha value is -1.41. The first-order valence-electron chi connectivity index (χ1n) is 5.72. The van der Waals surface area contributed by atoms with Gasteiger partial charge in [-0.1, -0.05) is 30.0 Å². The molecule has 0 aliphatic carbocycles. The van der Waals surface area contributed by atoms with E-state index in [2.05, 4.69) is 61.6 Å². The van der Waals surface area contributed by atoms with E-state index < -0.39 is 0 Å². The van der Waals surface area contributed by atoms with Gasteiger partial charge in [0.15, 0.2) is 0 Å². The van der Waals surface area contributed by atoms with Crippen molar-refractivity contribution >= 4 is 17.4 Å². The van der Waals surface area contributed by atoms with Crippen molar-refractivity contribution in [1.82, 2.24) is 0 Å². The predicted octanol–water partition coefficient (Wildman–Crippen LogP) is 4.50. The Balaban J connectivity index is 2.27. The summed E-state index contributed by atoms with van der Waals surface area (Å²) in [7, 11) is 1.95. The minimum Gasteiger partial charge on any atom is -0.388 e. The van der Waals surface area contributed by atoms with Crippen LogP contribution in [0.5, 0.6) is 0 Å². The van der Waals surface area contributed by atoms with E-state index >= 15 is 0 Å². The molecule has 0 atom stereocenters. The van der Waals surface area contributed by atoms with Crippen LogP contribution in [-0.2, 0) is 0 Å². The second-order valence-electron chi connectivity index (χ2n) is 4.15. The molecule has 2 aromatic rings. The molecule has 2 aromatic carbocycles. The number of hydrogen-bond donors (Lipinski definition) is 1. The van der Waals surface area contributed by atoms with Gasteiger partial charge in [0.25, 0.3) is 0 Å². The average molecular weight is 243 g/mol. The van der Waals surface area contributed by atoms with Gasteiger partial charge in [0.05, 0.1) is 0 Å². The third kappa shape index (κ3) is 3.04. The van der Waals surface area contributed by atoms with Crippen LogP contribution in [0.15, 0.2) is 52.3 Å². The molecular formula is C15H17NS. The molecule has 0 aliphatic rings. The number of anilines is 1. The minimum atomic E-state index is 1.15. The Kier molecular flexibility index (Phi) is 3.75. The number of aryl methyl sites for hydroxylation is 2. The Morgan fingerprint density at radius 1 is 1.00 bits per heavy atom. The summed E-state index contributed by atoms with van der Waals surface area (Å²) < 4.78 is 0. The van der Waals surface area contributed by atoms with Crippen LogP contribution in [0.1, 0.15) is 11.1 Å². The fraction of sp³-hybridized carbons (Fsp3) is 0.200. The molecule has 1 N–H and O–H groups in total. The Bertz CT molecular complexity index is 520. The molecule has 0 heterocycles. The van der Waals surface area contributed by atoms with Crippen molar-refractivity contribution in [2.75, 3.05) is 12.4 Å². The topological polar surface area (TPSA) is 12.0 Å². The molecule has 17 heavy (non-hydrogen) atoms. The molecule has 2 heteroatoms. The van der Waals surface area contributed by atoms with Gasteiger partial charge in [-0.15, -0.1) is 0 Å². The summed E-state index contributed by atoms with van der Waals surface area (Å²) in [6, 6.07) is 15.1. The smallest absolute Gasteiger partial charge is 0.0348 e. The van der Waals surface area contributed by atoms with Crippen molar-refractivity contribution in [3.05, 3.63) is 53.6 Å². The van der Waals surface area contributed by atoms with Gasteiger partial charge in [0.1, 0.15) is 0 Å². The van der Waals surface area contributed by atoms with Crippen LogP contribution in [0.4, 0.5) is 5.69 Å². The maximum atomic E-state index is 3.17. The fourth-order valence-electron chi connectivity index (χ4n) is 1.66. The first kappa shape index (κ1) is 12.1. The van der Waals surface area contributed by atoms with Crippen molar-refractivity contribution in [2.24, 2.45) is 0 Å². The lowest BCUT2D eigenvalue weighted by molar-refractivity contribution is 1.25. The van der Waals surface area contributed by atoms with Crippen molar-refractivity contribution in [3.63, 3.8) is 0 Å². The van der Waals surface area contributed by atoms with Crippen LogP contribution < -0.4 is 5.32 Å². The van der Waals surface area contributed by atoms with Gasteiger partial charge in [-0.05, 0) is 49.2 Å². The SMILES string of the molecule is CNc1cccc(Sc2cc(C)ccc2C)c1. The van der Waals surface area contributed by atoms with Crippen molar-refractivity contribution in [3.8, 4) is 0 Å². The minimum absolute atomic E-state index is 1.15. The third-order valence-electron chi connectivity index (χ3n) is 2.69. The van der Waals surface area contributed by atoms with E-state index in [4.69, 9.17) is 0 Å². The lowest BCUT2D eigenvalue weighted by Gasteiger charge is -2.08. The van der Waals surface area contributed by atoms with Gasteiger partial charge in [0, 0.05) is 22.5 Å². The molecule has 2 rings (SSSR count). The molecule has 0 spiro atoms. The van der Waals surface area contributed by atoms with Crippen LogP contribution in [0.25, 0.3) is 0 Å². The maximum Gasteiger partial charge on any atom is 0.0348 e. The zero-order valence-corrected chi connectivity index (χ0v) is 11.3. The largest absolute Gasteiger partial charge is 0.388 e. The van der Waals surface area contributed by atoms with Crippen LogP contribution in [0.2, 0.25) is 0 Å². The highest BCUT2D eigenvalue weighted by molar-refractivity contribution is 7.99. The van der Waals surface area contributed by atoms with E-state index in [9.17, 15) is 0 Å². The summed E-state index contributed by atoms with van der Waals surface area (Å²) in [5, 5.41) is 3.17. The highest BCUT2D eigenvalue weighted by Crippen LogP contribution is 2.32. The van der Waals surface area contributed by atoms with E-state index in [-0.39, 0.29) is 0 Å². The zero-order valence-electron chi connectivity index (χ0n) is 10.4. The summed E-state index contributed by atoms with van der Waals surface area (Å²) in [6.07, 6.45) is 0. The third-order valence-corrected chi connectivity index (χ3v) is 3.84. The maximum absolute atomic E-state index is 3.17. The number of benzene rings is 2. The molecular weight excluding hydrogens is 226 g/mol. The van der Waals surface area contributed by atoms with Gasteiger partial charge in [-0.3, -0.25) is 0 Å². The quantitative estimate of drug-likeness (QED) is 0.852. The Morgan fingerprint density at radius 2 is 1.82 bits per heavy atom. The van der Waals surface area contributed by atoms with Crippen LogP contribution >= 0.6 is 11.8 Å². The molecule has 0 amide bonds. The van der Waals surface area contributed by atoms with Gasteiger partial charge < -0.3 is 5.32 Å². The van der Waals surface area contributed by atoms with Crippen molar-refractivity contribution < 1.29 is 0 Å². The molecule has 0 fully saturated rings. The standard InChI is InChI=1S/C15H17NS/c1-11-7-8-12(2)15(9-11)17-14-6-4-5-13(10-14)16-3/h4-10,16H,1-3H3. The molecule has 0 saturated carbocycles. The summed E-state index contributed by atoms with van der Waals surface area (Å²) in [5.74, 6) is 0. The molecule has 0 aliphatic heterocycles. The molecule has 88 valence electrons. The lowest BCUT2D eigenvalue weighted by atomic mass is 10.2. The zero-order chi connectivity index (χ0) is 12.3. The van der Waals surface area contributed by atoms with Crippen LogP contribution in [0.3, 0.4) is 0 Å².